The maximum absolute atomic E-state index is 11.0. The van der Waals surface area contributed by atoms with Crippen molar-refractivity contribution >= 4 is 39.7 Å². The number of anilines is 1. The Kier molecular flexibility index (Phi) is 2.79. The van der Waals surface area contributed by atoms with Crippen LogP contribution < -0.4 is 10.9 Å². The van der Waals surface area contributed by atoms with Gasteiger partial charge < -0.3 is 10.4 Å². The predicted octanol–water partition coefficient (Wildman–Crippen LogP) is 0.894. The highest BCUT2D eigenvalue weighted by Crippen LogP contribution is 2.16. The number of nitrogens with one attached hydrogen (secondary N) is 2. The molecule has 0 spiro atoms. The standard InChI is InChI=1S/C6H6N2O3S2/c1-2(12)7-5-3(6(10)11)4(9)8-13-5/h1H3,(H,7,12)(H,8,9)(H,10,11). The van der Waals surface area contributed by atoms with Crippen LogP contribution in [-0.2, 0) is 0 Å². The number of rotatable bonds is 2. The van der Waals surface area contributed by atoms with Crippen molar-refractivity contribution in [2.75, 3.05) is 5.32 Å². The summed E-state index contributed by atoms with van der Waals surface area (Å²) in [6.07, 6.45) is 0. The van der Waals surface area contributed by atoms with E-state index in [9.17, 15) is 9.59 Å². The largest absolute Gasteiger partial charge is 0.477 e. The molecule has 0 saturated heterocycles. The van der Waals surface area contributed by atoms with Gasteiger partial charge in [0.25, 0.3) is 5.56 Å². The Morgan fingerprint density at radius 2 is 2.31 bits per heavy atom. The van der Waals surface area contributed by atoms with Crippen molar-refractivity contribution in [3.63, 3.8) is 0 Å². The Morgan fingerprint density at radius 1 is 1.69 bits per heavy atom. The highest BCUT2D eigenvalue weighted by Gasteiger charge is 2.17. The summed E-state index contributed by atoms with van der Waals surface area (Å²) >= 11 is 5.64. The first-order chi connectivity index (χ1) is 6.02. The maximum atomic E-state index is 11.0. The Labute approximate surface area is 82.6 Å². The summed E-state index contributed by atoms with van der Waals surface area (Å²) in [5.74, 6) is -1.26. The van der Waals surface area contributed by atoms with Crippen molar-refractivity contribution in [1.29, 1.82) is 0 Å². The van der Waals surface area contributed by atoms with Crippen LogP contribution in [0.1, 0.15) is 17.3 Å². The third kappa shape index (κ3) is 2.13. The van der Waals surface area contributed by atoms with Crippen LogP contribution in [0.4, 0.5) is 5.00 Å². The molecule has 0 aliphatic carbocycles. The summed E-state index contributed by atoms with van der Waals surface area (Å²) in [4.78, 5) is 22.0. The van der Waals surface area contributed by atoms with Crippen LogP contribution in [0.25, 0.3) is 0 Å². The van der Waals surface area contributed by atoms with Gasteiger partial charge in [0, 0.05) is 0 Å². The summed E-state index contributed by atoms with van der Waals surface area (Å²) in [6, 6.07) is 0. The van der Waals surface area contributed by atoms with E-state index in [2.05, 4.69) is 9.69 Å². The number of carbonyl (C=O) groups is 1. The summed E-state index contributed by atoms with van der Waals surface area (Å²) in [5.41, 5.74) is -0.912. The molecule has 1 heterocycles. The monoisotopic (exact) mass is 218 g/mol. The first-order valence-electron chi connectivity index (χ1n) is 3.24. The number of hydrogen-bond donors (Lipinski definition) is 3. The molecule has 1 aromatic rings. The van der Waals surface area contributed by atoms with Crippen LogP contribution in [0.15, 0.2) is 4.79 Å². The molecule has 0 aliphatic heterocycles. The summed E-state index contributed by atoms with van der Waals surface area (Å²) in [6.45, 7) is 1.60. The molecule has 0 unspecified atom stereocenters. The molecule has 0 aromatic carbocycles. The number of H-pyrrole nitrogens is 1. The third-order valence-corrected chi connectivity index (χ3v) is 2.10. The number of aromatic amines is 1. The summed E-state index contributed by atoms with van der Waals surface area (Å²) in [7, 11) is 0. The molecule has 0 fully saturated rings. The number of aromatic nitrogens is 1. The zero-order valence-electron chi connectivity index (χ0n) is 6.58. The first kappa shape index (κ1) is 9.87. The van der Waals surface area contributed by atoms with Crippen LogP contribution in [-0.4, -0.2) is 20.4 Å². The Morgan fingerprint density at radius 3 is 2.77 bits per heavy atom. The number of aromatic carboxylic acids is 1. The van der Waals surface area contributed by atoms with Crippen LogP contribution in [0.2, 0.25) is 0 Å². The number of thiocarbonyl (C=S) groups is 1. The van der Waals surface area contributed by atoms with E-state index in [4.69, 9.17) is 17.3 Å². The van der Waals surface area contributed by atoms with Gasteiger partial charge in [-0.05, 0) is 18.5 Å². The van der Waals surface area contributed by atoms with E-state index in [0.29, 0.717) is 4.99 Å². The molecule has 0 bridgehead atoms. The first-order valence-corrected chi connectivity index (χ1v) is 4.47. The fraction of sp³-hybridized carbons (Fsp3) is 0.167. The molecule has 0 atom stereocenters. The molecule has 1 rings (SSSR count). The second-order valence-electron chi connectivity index (χ2n) is 2.22. The van der Waals surface area contributed by atoms with E-state index in [-0.39, 0.29) is 10.6 Å². The molecule has 70 valence electrons. The zero-order chi connectivity index (χ0) is 10.0. The summed E-state index contributed by atoms with van der Waals surface area (Å²) < 4.78 is 2.31. The second-order valence-corrected chi connectivity index (χ2v) is 3.65. The molecular weight excluding hydrogens is 212 g/mol. The van der Waals surface area contributed by atoms with E-state index >= 15 is 0 Å². The van der Waals surface area contributed by atoms with Gasteiger partial charge in [-0.3, -0.25) is 9.17 Å². The molecule has 7 heteroatoms. The molecular formula is C6H6N2O3S2. The van der Waals surface area contributed by atoms with Crippen molar-refractivity contribution in [3.8, 4) is 0 Å². The minimum Gasteiger partial charge on any atom is -0.477 e. The highest BCUT2D eigenvalue weighted by atomic mass is 32.1. The lowest BCUT2D eigenvalue weighted by molar-refractivity contribution is 0.0697. The van der Waals surface area contributed by atoms with Crippen molar-refractivity contribution < 1.29 is 9.90 Å². The average Bonchev–Trinajstić information content (AvgIpc) is 2.30. The van der Waals surface area contributed by atoms with Crippen LogP contribution in [0.5, 0.6) is 0 Å². The number of hydrogen-bond acceptors (Lipinski definition) is 4. The molecule has 5 nitrogen and oxygen atoms in total. The van der Waals surface area contributed by atoms with Gasteiger partial charge in [-0.2, -0.15) is 0 Å². The van der Waals surface area contributed by atoms with Crippen molar-refractivity contribution in [3.05, 3.63) is 15.9 Å². The van der Waals surface area contributed by atoms with Crippen LogP contribution in [0, 0.1) is 0 Å². The van der Waals surface area contributed by atoms with E-state index in [1.54, 1.807) is 6.92 Å². The van der Waals surface area contributed by atoms with E-state index in [0.717, 1.165) is 11.5 Å². The van der Waals surface area contributed by atoms with Gasteiger partial charge in [0.15, 0.2) is 5.56 Å². The van der Waals surface area contributed by atoms with Gasteiger partial charge in [-0.15, -0.1) is 0 Å². The molecule has 0 aliphatic rings. The van der Waals surface area contributed by atoms with Gasteiger partial charge in [0.05, 0.1) is 4.99 Å². The SMILES string of the molecule is CC(=S)Nc1s[nH]c(=O)c1C(=O)O. The Balaban J connectivity index is 3.15. The van der Waals surface area contributed by atoms with Gasteiger partial charge in [0.2, 0.25) is 0 Å². The number of carboxylic acid groups (broad SMARTS) is 1. The van der Waals surface area contributed by atoms with Crippen molar-refractivity contribution in [2.45, 2.75) is 6.92 Å². The zero-order valence-corrected chi connectivity index (χ0v) is 8.21. The second kappa shape index (κ2) is 3.67. The predicted molar refractivity (Wildman–Crippen MR) is 53.8 cm³/mol. The minimum absolute atomic E-state index is 0.241. The highest BCUT2D eigenvalue weighted by molar-refractivity contribution is 7.80. The Hall–Kier alpha value is -1.21. The lowest BCUT2D eigenvalue weighted by Gasteiger charge is -1.98. The lowest BCUT2D eigenvalue weighted by atomic mass is 10.3. The van der Waals surface area contributed by atoms with Crippen LogP contribution in [0.3, 0.4) is 0 Å². The van der Waals surface area contributed by atoms with Gasteiger partial charge in [-0.1, -0.05) is 12.2 Å². The van der Waals surface area contributed by atoms with E-state index in [1.807, 2.05) is 0 Å². The average molecular weight is 218 g/mol. The van der Waals surface area contributed by atoms with Gasteiger partial charge in [-0.25, -0.2) is 4.79 Å². The van der Waals surface area contributed by atoms with Crippen LogP contribution >= 0.6 is 23.8 Å². The minimum atomic E-state index is -1.26. The smallest absolute Gasteiger partial charge is 0.344 e. The third-order valence-electron chi connectivity index (χ3n) is 1.20. The molecule has 0 radical (unpaired) electrons. The lowest BCUT2D eigenvalue weighted by Crippen LogP contribution is -2.14. The topological polar surface area (TPSA) is 82.2 Å². The molecule has 0 saturated carbocycles. The quantitative estimate of drug-likeness (QED) is 0.642. The maximum Gasteiger partial charge on any atom is 0.344 e. The fourth-order valence-electron chi connectivity index (χ4n) is 0.745. The van der Waals surface area contributed by atoms with E-state index < -0.39 is 11.5 Å². The van der Waals surface area contributed by atoms with Crippen molar-refractivity contribution in [1.82, 2.24) is 4.37 Å². The van der Waals surface area contributed by atoms with Gasteiger partial charge >= 0.3 is 5.97 Å². The number of carboxylic acids is 1. The molecule has 0 amide bonds. The summed E-state index contributed by atoms with van der Waals surface area (Å²) in [5, 5.41) is 11.5. The Bertz CT molecular complexity index is 406. The van der Waals surface area contributed by atoms with E-state index in [1.165, 1.54) is 0 Å². The van der Waals surface area contributed by atoms with Crippen molar-refractivity contribution in [2.24, 2.45) is 0 Å². The van der Waals surface area contributed by atoms with Gasteiger partial charge in [0.1, 0.15) is 5.00 Å². The molecule has 3 N–H and O–H groups in total. The normalized spacial score (nSPS) is 9.62. The molecule has 13 heavy (non-hydrogen) atoms. The molecule has 1 aromatic heterocycles. The fourth-order valence-corrected chi connectivity index (χ4v) is 1.69.